The summed E-state index contributed by atoms with van der Waals surface area (Å²) in [7, 11) is -3.02. The maximum Gasteiger partial charge on any atom is 0.247 e. The van der Waals surface area contributed by atoms with Crippen molar-refractivity contribution >= 4 is 34.9 Å². The van der Waals surface area contributed by atoms with Gasteiger partial charge in [0.25, 0.3) is 0 Å². The van der Waals surface area contributed by atoms with Gasteiger partial charge < -0.3 is 0 Å². The van der Waals surface area contributed by atoms with Gasteiger partial charge in [-0.05, 0) is 53.4 Å². The van der Waals surface area contributed by atoms with Crippen LogP contribution in [0.2, 0.25) is 0 Å². The third kappa shape index (κ3) is 3.98. The highest BCUT2D eigenvalue weighted by molar-refractivity contribution is 7.77. The molecule has 0 bridgehead atoms. The number of hydrogen-bond acceptors (Lipinski definition) is 1. The molecule has 0 atom stereocenters. The predicted molar refractivity (Wildman–Crippen MR) is 121 cm³/mol. The first-order valence-corrected chi connectivity index (χ1v) is 11.1. The minimum absolute atomic E-state index is 0.752. The standard InChI is InChI=1S/C25H22NOP/c27-28(24-13-3-1-4-14-24,25-15-5-2-6-16-25)26-19-9-10-21-17-18-22-11-7-8-12-23(22)20-21/h1-8,11-20H,9-10H2/b26-19+. The van der Waals surface area contributed by atoms with E-state index in [1.807, 2.05) is 66.9 Å². The SMILES string of the molecule is O=P(/N=C/CCc1ccc2ccccc2c1)(c1ccccc1)c1ccccc1. The van der Waals surface area contributed by atoms with Crippen LogP contribution < -0.4 is 10.6 Å². The van der Waals surface area contributed by atoms with E-state index in [1.165, 1.54) is 16.3 Å². The number of rotatable bonds is 6. The van der Waals surface area contributed by atoms with Gasteiger partial charge in [0.1, 0.15) is 0 Å². The van der Waals surface area contributed by atoms with Gasteiger partial charge in [-0.25, -0.2) is 4.76 Å². The molecule has 0 aliphatic carbocycles. The minimum atomic E-state index is -3.02. The van der Waals surface area contributed by atoms with E-state index >= 15 is 0 Å². The Balaban J connectivity index is 1.55. The summed E-state index contributed by atoms with van der Waals surface area (Å²) in [5.74, 6) is 0. The zero-order chi connectivity index (χ0) is 19.2. The third-order valence-corrected chi connectivity index (χ3v) is 7.32. The van der Waals surface area contributed by atoms with E-state index in [0.717, 1.165) is 23.5 Å². The second-order valence-electron chi connectivity index (χ2n) is 6.77. The summed E-state index contributed by atoms with van der Waals surface area (Å²) in [6.45, 7) is 0. The van der Waals surface area contributed by atoms with Crippen LogP contribution in [-0.2, 0) is 11.0 Å². The number of nitrogens with zero attached hydrogens (tertiary/aromatic N) is 1. The van der Waals surface area contributed by atoms with E-state index < -0.39 is 7.29 Å². The number of fused-ring (bicyclic) bond motifs is 1. The summed E-state index contributed by atoms with van der Waals surface area (Å²) in [5.41, 5.74) is 1.26. The zero-order valence-corrected chi connectivity index (χ0v) is 16.5. The Labute approximate surface area is 166 Å². The number of aryl methyl sites for hydroxylation is 1. The van der Waals surface area contributed by atoms with Crippen LogP contribution in [0.25, 0.3) is 10.8 Å². The first kappa shape index (κ1) is 18.4. The van der Waals surface area contributed by atoms with Crippen LogP contribution in [0, 0.1) is 0 Å². The van der Waals surface area contributed by atoms with E-state index in [0.29, 0.717) is 0 Å². The smallest absolute Gasteiger partial charge is 0.247 e. The van der Waals surface area contributed by atoms with Gasteiger partial charge in [-0.15, -0.1) is 0 Å². The third-order valence-electron chi connectivity index (χ3n) is 4.83. The van der Waals surface area contributed by atoms with Crippen molar-refractivity contribution in [2.75, 3.05) is 0 Å². The van der Waals surface area contributed by atoms with Crippen LogP contribution in [0.5, 0.6) is 0 Å². The van der Waals surface area contributed by atoms with E-state index in [-0.39, 0.29) is 0 Å². The molecule has 0 aliphatic rings. The Kier molecular flexibility index (Phi) is 5.50. The van der Waals surface area contributed by atoms with Crippen molar-refractivity contribution < 1.29 is 4.57 Å². The van der Waals surface area contributed by atoms with E-state index in [9.17, 15) is 4.57 Å². The van der Waals surface area contributed by atoms with Gasteiger partial charge in [0.05, 0.1) is 0 Å². The van der Waals surface area contributed by atoms with E-state index in [4.69, 9.17) is 0 Å². The number of benzene rings is 4. The van der Waals surface area contributed by atoms with Crippen molar-refractivity contribution in [3.05, 3.63) is 109 Å². The van der Waals surface area contributed by atoms with Gasteiger partial charge in [-0.3, -0.25) is 4.57 Å². The van der Waals surface area contributed by atoms with E-state index in [2.05, 4.69) is 47.2 Å². The summed E-state index contributed by atoms with van der Waals surface area (Å²) >= 11 is 0. The van der Waals surface area contributed by atoms with Crippen molar-refractivity contribution in [1.29, 1.82) is 0 Å². The van der Waals surface area contributed by atoms with E-state index in [1.54, 1.807) is 0 Å². The molecule has 0 saturated carbocycles. The molecule has 28 heavy (non-hydrogen) atoms. The van der Waals surface area contributed by atoms with Crippen molar-refractivity contribution in [2.24, 2.45) is 4.76 Å². The highest BCUT2D eigenvalue weighted by atomic mass is 31.2. The molecule has 0 aromatic heterocycles. The molecule has 4 aromatic rings. The summed E-state index contributed by atoms with van der Waals surface area (Å²) in [5, 5.41) is 4.03. The minimum Gasteiger partial charge on any atom is -0.288 e. The number of hydrogen-bond donors (Lipinski definition) is 0. The van der Waals surface area contributed by atoms with Gasteiger partial charge in [0, 0.05) is 16.8 Å². The van der Waals surface area contributed by atoms with Crippen LogP contribution in [0.1, 0.15) is 12.0 Å². The van der Waals surface area contributed by atoms with Crippen LogP contribution in [0.15, 0.2) is 108 Å². The first-order valence-electron chi connectivity index (χ1n) is 9.49. The van der Waals surface area contributed by atoms with Crippen molar-refractivity contribution in [3.63, 3.8) is 0 Å². The fraction of sp³-hybridized carbons (Fsp3) is 0.0800. The molecular formula is C25H22NOP. The average molecular weight is 383 g/mol. The maximum absolute atomic E-state index is 13.8. The van der Waals surface area contributed by atoms with Gasteiger partial charge in [-0.1, -0.05) is 78.9 Å². The summed E-state index contributed by atoms with van der Waals surface area (Å²) in [6, 6.07) is 34.0. The monoisotopic (exact) mass is 383 g/mol. The molecule has 0 aliphatic heterocycles. The predicted octanol–water partition coefficient (Wildman–Crippen LogP) is 5.77. The molecule has 3 heteroatoms. The van der Waals surface area contributed by atoms with Crippen LogP contribution in [0.3, 0.4) is 0 Å². The Hall–Kier alpha value is -2.96. The molecule has 2 nitrogen and oxygen atoms in total. The fourth-order valence-corrected chi connectivity index (χ4v) is 5.40. The van der Waals surface area contributed by atoms with Crippen molar-refractivity contribution in [1.82, 2.24) is 0 Å². The molecule has 0 N–H and O–H groups in total. The normalized spacial score (nSPS) is 11.9. The van der Waals surface area contributed by atoms with Gasteiger partial charge in [0.15, 0.2) is 0 Å². The molecule has 4 aromatic carbocycles. The zero-order valence-electron chi connectivity index (χ0n) is 15.6. The molecular weight excluding hydrogens is 361 g/mol. The Bertz CT molecular complexity index is 1090. The largest absolute Gasteiger partial charge is 0.288 e. The fourth-order valence-electron chi connectivity index (χ4n) is 3.34. The van der Waals surface area contributed by atoms with Crippen LogP contribution >= 0.6 is 7.29 Å². The van der Waals surface area contributed by atoms with Crippen LogP contribution in [-0.4, -0.2) is 6.21 Å². The lowest BCUT2D eigenvalue weighted by Gasteiger charge is -2.14. The Morgan fingerprint density at radius 3 is 1.89 bits per heavy atom. The van der Waals surface area contributed by atoms with Gasteiger partial charge in [0.2, 0.25) is 7.29 Å². The first-order chi connectivity index (χ1) is 13.8. The second kappa shape index (κ2) is 8.37. The molecule has 138 valence electrons. The van der Waals surface area contributed by atoms with Crippen molar-refractivity contribution in [2.45, 2.75) is 12.8 Å². The quantitative estimate of drug-likeness (QED) is 0.307. The molecule has 0 spiro atoms. The molecule has 0 amide bonds. The Morgan fingerprint density at radius 1 is 0.679 bits per heavy atom. The van der Waals surface area contributed by atoms with Crippen LogP contribution in [0.4, 0.5) is 0 Å². The van der Waals surface area contributed by atoms with Gasteiger partial charge >= 0.3 is 0 Å². The lowest BCUT2D eigenvalue weighted by atomic mass is 10.0. The highest BCUT2D eigenvalue weighted by Crippen LogP contribution is 2.44. The maximum atomic E-state index is 13.8. The Morgan fingerprint density at radius 2 is 1.25 bits per heavy atom. The lowest BCUT2D eigenvalue weighted by Crippen LogP contribution is -2.14. The topological polar surface area (TPSA) is 29.4 Å². The van der Waals surface area contributed by atoms with Crippen molar-refractivity contribution in [3.8, 4) is 0 Å². The molecule has 0 unspecified atom stereocenters. The van der Waals surface area contributed by atoms with Gasteiger partial charge in [-0.2, -0.15) is 0 Å². The average Bonchev–Trinajstić information content (AvgIpc) is 2.77. The summed E-state index contributed by atoms with van der Waals surface area (Å²) in [6.07, 6.45) is 3.45. The molecule has 0 radical (unpaired) electrons. The molecule has 0 saturated heterocycles. The summed E-state index contributed by atoms with van der Waals surface area (Å²) in [4.78, 5) is 0. The molecule has 0 heterocycles. The lowest BCUT2D eigenvalue weighted by molar-refractivity contribution is 0.588. The second-order valence-corrected chi connectivity index (χ2v) is 9.18. The molecule has 0 fully saturated rings. The highest BCUT2D eigenvalue weighted by Gasteiger charge is 2.25. The summed E-state index contributed by atoms with van der Waals surface area (Å²) < 4.78 is 18.4. The molecule has 4 rings (SSSR count).